The zero-order valence-electron chi connectivity index (χ0n) is 14.4. The molecule has 0 bridgehead atoms. The van der Waals surface area contributed by atoms with Crippen molar-refractivity contribution in [3.05, 3.63) is 12.4 Å². The molecule has 1 aliphatic carbocycles. The van der Waals surface area contributed by atoms with Crippen molar-refractivity contribution in [1.82, 2.24) is 14.9 Å². The molecule has 7 heteroatoms. The predicted molar refractivity (Wildman–Crippen MR) is 93.0 cm³/mol. The van der Waals surface area contributed by atoms with Crippen molar-refractivity contribution < 1.29 is 9.90 Å². The molecule has 2 fully saturated rings. The molecule has 1 saturated heterocycles. The number of piperazine rings is 1. The summed E-state index contributed by atoms with van der Waals surface area (Å²) in [6, 6.07) is 1.86. The van der Waals surface area contributed by atoms with Gasteiger partial charge in [0.25, 0.3) is 0 Å². The summed E-state index contributed by atoms with van der Waals surface area (Å²) >= 11 is 0. The van der Waals surface area contributed by atoms with E-state index < -0.39 is 5.60 Å². The molecule has 7 nitrogen and oxygen atoms in total. The lowest BCUT2D eigenvalue weighted by Crippen LogP contribution is -2.48. The highest BCUT2D eigenvalue weighted by Gasteiger charge is 2.28. The maximum Gasteiger partial charge on any atom is 0.241 e. The lowest BCUT2D eigenvalue weighted by molar-refractivity contribution is -0.129. The summed E-state index contributed by atoms with van der Waals surface area (Å²) in [7, 11) is 1.82. The van der Waals surface area contributed by atoms with Crippen LogP contribution in [0.5, 0.6) is 0 Å². The van der Waals surface area contributed by atoms with E-state index in [9.17, 15) is 9.90 Å². The zero-order valence-corrected chi connectivity index (χ0v) is 14.4. The van der Waals surface area contributed by atoms with Gasteiger partial charge in [-0.05, 0) is 12.8 Å². The Labute approximate surface area is 143 Å². The Kier molecular flexibility index (Phi) is 5.18. The second kappa shape index (κ2) is 7.34. The van der Waals surface area contributed by atoms with Crippen LogP contribution in [0, 0.1) is 0 Å². The maximum atomic E-state index is 11.9. The van der Waals surface area contributed by atoms with Gasteiger partial charge in [-0.2, -0.15) is 0 Å². The summed E-state index contributed by atoms with van der Waals surface area (Å²) in [5.41, 5.74) is -0.647. The molecule has 2 aliphatic rings. The van der Waals surface area contributed by atoms with E-state index in [1.54, 1.807) is 4.90 Å². The van der Waals surface area contributed by atoms with Gasteiger partial charge in [0.1, 0.15) is 18.0 Å². The minimum Gasteiger partial charge on any atom is -0.388 e. The molecule has 24 heavy (non-hydrogen) atoms. The number of amides is 1. The number of aromatic nitrogens is 2. The highest BCUT2D eigenvalue weighted by Crippen LogP contribution is 2.27. The largest absolute Gasteiger partial charge is 0.388 e. The second-order valence-electron chi connectivity index (χ2n) is 6.99. The van der Waals surface area contributed by atoms with Crippen LogP contribution in [0.25, 0.3) is 0 Å². The number of likely N-dealkylation sites (N-methyl/N-ethyl adjacent to an activating group) is 1. The molecule has 132 valence electrons. The summed E-state index contributed by atoms with van der Waals surface area (Å²) < 4.78 is 0. The van der Waals surface area contributed by atoms with Crippen molar-refractivity contribution in [2.24, 2.45) is 0 Å². The number of hydrogen-bond donors (Lipinski definition) is 2. The third-order valence-electron chi connectivity index (χ3n) is 5.07. The van der Waals surface area contributed by atoms with Gasteiger partial charge in [0, 0.05) is 32.7 Å². The number of carbonyl (C=O) groups excluding carboxylic acids is 1. The highest BCUT2D eigenvalue weighted by atomic mass is 16.3. The monoisotopic (exact) mass is 333 g/mol. The standard InChI is InChI=1S/C17H27N5O2/c1-21-8-9-22(11-16(21)23)15-10-14(19-13-20-15)18-12-17(24)6-4-2-3-5-7-17/h10,13,24H,2-9,11-12H2,1H3,(H,18,19,20). The van der Waals surface area contributed by atoms with Crippen molar-refractivity contribution >= 4 is 17.5 Å². The first-order valence-corrected chi connectivity index (χ1v) is 8.83. The summed E-state index contributed by atoms with van der Waals surface area (Å²) in [5.74, 6) is 1.55. The molecule has 2 heterocycles. The first-order valence-electron chi connectivity index (χ1n) is 8.83. The van der Waals surface area contributed by atoms with Crippen molar-refractivity contribution in [3.8, 4) is 0 Å². The molecule has 2 N–H and O–H groups in total. The molecule has 0 aromatic carbocycles. The molecule has 1 saturated carbocycles. The van der Waals surface area contributed by atoms with E-state index in [-0.39, 0.29) is 5.91 Å². The summed E-state index contributed by atoms with van der Waals surface area (Å²) in [4.78, 5) is 24.1. The summed E-state index contributed by atoms with van der Waals surface area (Å²) in [6.07, 6.45) is 7.76. The van der Waals surface area contributed by atoms with Gasteiger partial charge < -0.3 is 20.2 Å². The van der Waals surface area contributed by atoms with Gasteiger partial charge in [0.2, 0.25) is 5.91 Å². The second-order valence-corrected chi connectivity index (χ2v) is 6.99. The topological polar surface area (TPSA) is 81.6 Å². The van der Waals surface area contributed by atoms with Crippen molar-refractivity contribution in [2.75, 3.05) is 43.4 Å². The van der Waals surface area contributed by atoms with Gasteiger partial charge in [-0.15, -0.1) is 0 Å². The first kappa shape index (κ1) is 17.0. The number of carbonyl (C=O) groups is 1. The molecule has 1 aliphatic heterocycles. The molecule has 0 radical (unpaired) electrons. The quantitative estimate of drug-likeness (QED) is 0.807. The molecule has 0 unspecified atom stereocenters. The van der Waals surface area contributed by atoms with Crippen LogP contribution in [0.15, 0.2) is 12.4 Å². The van der Waals surface area contributed by atoms with Crippen LogP contribution in [0.4, 0.5) is 11.6 Å². The van der Waals surface area contributed by atoms with Crippen molar-refractivity contribution in [3.63, 3.8) is 0 Å². The third-order valence-corrected chi connectivity index (χ3v) is 5.07. The van der Waals surface area contributed by atoms with E-state index in [1.165, 1.54) is 19.2 Å². The SMILES string of the molecule is CN1CCN(c2cc(NCC3(O)CCCCCC3)ncn2)CC1=O. The average molecular weight is 333 g/mol. The van der Waals surface area contributed by atoms with E-state index in [1.807, 2.05) is 18.0 Å². The van der Waals surface area contributed by atoms with Crippen LogP contribution >= 0.6 is 0 Å². The van der Waals surface area contributed by atoms with E-state index in [4.69, 9.17) is 0 Å². The van der Waals surface area contributed by atoms with Gasteiger partial charge in [-0.1, -0.05) is 25.7 Å². The Morgan fingerprint density at radius 3 is 2.67 bits per heavy atom. The van der Waals surface area contributed by atoms with Crippen molar-refractivity contribution in [1.29, 1.82) is 0 Å². The van der Waals surface area contributed by atoms with Crippen molar-refractivity contribution in [2.45, 2.75) is 44.1 Å². The number of rotatable bonds is 4. The Balaban J connectivity index is 1.62. The lowest BCUT2D eigenvalue weighted by atomic mass is 9.94. The maximum absolute atomic E-state index is 11.9. The highest BCUT2D eigenvalue weighted by molar-refractivity contribution is 5.82. The zero-order chi connectivity index (χ0) is 17.0. The lowest BCUT2D eigenvalue weighted by Gasteiger charge is -2.32. The van der Waals surface area contributed by atoms with Gasteiger partial charge in [0.05, 0.1) is 12.1 Å². The fraction of sp³-hybridized carbons (Fsp3) is 0.706. The molecule has 0 spiro atoms. The van der Waals surface area contributed by atoms with E-state index in [0.717, 1.165) is 38.0 Å². The summed E-state index contributed by atoms with van der Waals surface area (Å²) in [6.45, 7) is 2.32. The number of nitrogens with one attached hydrogen (secondary N) is 1. The van der Waals surface area contributed by atoms with Crippen LogP contribution in [0.1, 0.15) is 38.5 Å². The van der Waals surface area contributed by atoms with Gasteiger partial charge in [-0.3, -0.25) is 4.79 Å². The van der Waals surface area contributed by atoms with Gasteiger partial charge >= 0.3 is 0 Å². The van der Waals surface area contributed by atoms with Crippen LogP contribution < -0.4 is 10.2 Å². The predicted octanol–water partition coefficient (Wildman–Crippen LogP) is 1.25. The fourth-order valence-corrected chi connectivity index (χ4v) is 3.39. The molecule has 0 atom stereocenters. The Hall–Kier alpha value is -1.89. The Bertz CT molecular complexity index is 572. The molecule has 1 amide bonds. The van der Waals surface area contributed by atoms with Crippen LogP contribution in [-0.4, -0.2) is 64.7 Å². The number of anilines is 2. The van der Waals surface area contributed by atoms with E-state index >= 15 is 0 Å². The molecular formula is C17H27N5O2. The molecular weight excluding hydrogens is 306 g/mol. The third kappa shape index (κ3) is 4.14. The normalized spacial score (nSPS) is 21.5. The first-order chi connectivity index (χ1) is 11.6. The van der Waals surface area contributed by atoms with Crippen LogP contribution in [-0.2, 0) is 4.79 Å². The smallest absolute Gasteiger partial charge is 0.241 e. The van der Waals surface area contributed by atoms with Crippen LogP contribution in [0.2, 0.25) is 0 Å². The number of nitrogens with zero attached hydrogens (tertiary/aromatic N) is 4. The fourth-order valence-electron chi connectivity index (χ4n) is 3.39. The summed E-state index contributed by atoms with van der Waals surface area (Å²) in [5, 5.41) is 14.0. The Morgan fingerprint density at radius 2 is 1.96 bits per heavy atom. The molecule has 3 rings (SSSR count). The molecule has 1 aromatic rings. The number of hydrogen-bond acceptors (Lipinski definition) is 6. The van der Waals surface area contributed by atoms with E-state index in [2.05, 4.69) is 15.3 Å². The van der Waals surface area contributed by atoms with Gasteiger partial charge in [-0.25, -0.2) is 9.97 Å². The van der Waals surface area contributed by atoms with E-state index in [0.29, 0.717) is 25.5 Å². The minimum absolute atomic E-state index is 0.0992. The number of aliphatic hydroxyl groups is 1. The van der Waals surface area contributed by atoms with Gasteiger partial charge in [0.15, 0.2) is 0 Å². The minimum atomic E-state index is -0.647. The average Bonchev–Trinajstić information content (AvgIpc) is 2.81. The van der Waals surface area contributed by atoms with Crippen LogP contribution in [0.3, 0.4) is 0 Å². The Morgan fingerprint density at radius 1 is 1.21 bits per heavy atom. The molecule has 1 aromatic heterocycles.